The Hall–Kier alpha value is -2.50. The molecule has 21 heavy (non-hydrogen) atoms. The fraction of sp³-hybridized carbons (Fsp3) is 0.333. The van der Waals surface area contributed by atoms with Gasteiger partial charge in [0.2, 0.25) is 0 Å². The molecule has 0 fully saturated rings. The van der Waals surface area contributed by atoms with E-state index in [1.54, 1.807) is 39.4 Å². The number of methoxy groups -OCH3 is 2. The lowest BCUT2D eigenvalue weighted by Gasteiger charge is -2.10. The number of hydrogen-bond donors (Lipinski definition) is 0. The van der Waals surface area contributed by atoms with Crippen molar-refractivity contribution in [3.63, 3.8) is 0 Å². The number of ether oxygens (including phenoxy) is 3. The molecule has 6 heteroatoms. The molecule has 1 aromatic carbocycles. The molecule has 0 unspecified atom stereocenters. The molecule has 114 valence electrons. The number of rotatable bonds is 7. The molecule has 0 bridgehead atoms. The summed E-state index contributed by atoms with van der Waals surface area (Å²) in [6.45, 7) is 2.08. The third kappa shape index (κ3) is 4.83. The summed E-state index contributed by atoms with van der Waals surface area (Å²) in [6.07, 6.45) is 4.48. The van der Waals surface area contributed by atoms with Crippen LogP contribution in [0.4, 0.5) is 0 Å². The van der Waals surface area contributed by atoms with Gasteiger partial charge in [0.25, 0.3) is 0 Å². The van der Waals surface area contributed by atoms with Gasteiger partial charge in [-0.2, -0.15) is 0 Å². The first kappa shape index (κ1) is 16.6. The van der Waals surface area contributed by atoms with Crippen molar-refractivity contribution < 1.29 is 23.8 Å². The second kappa shape index (κ2) is 8.63. The molecule has 0 spiro atoms. The van der Waals surface area contributed by atoms with Crippen LogP contribution in [-0.4, -0.2) is 40.1 Å². The lowest BCUT2D eigenvalue weighted by atomic mass is 10.1. The molecule has 0 saturated carbocycles. The van der Waals surface area contributed by atoms with Gasteiger partial charge < -0.3 is 19.0 Å². The molecule has 0 aliphatic carbocycles. The number of hydrogen-bond acceptors (Lipinski definition) is 6. The Morgan fingerprint density at radius 2 is 1.76 bits per heavy atom. The number of oxime groups is 1. The Labute approximate surface area is 123 Å². The first-order chi connectivity index (χ1) is 10.2. The van der Waals surface area contributed by atoms with E-state index in [4.69, 9.17) is 14.2 Å². The van der Waals surface area contributed by atoms with Crippen LogP contribution in [0.25, 0.3) is 6.08 Å². The van der Waals surface area contributed by atoms with E-state index in [-0.39, 0.29) is 0 Å². The van der Waals surface area contributed by atoms with Gasteiger partial charge in [0.05, 0.1) is 27.0 Å². The Morgan fingerprint density at radius 1 is 1.14 bits per heavy atom. The van der Waals surface area contributed by atoms with E-state index in [9.17, 15) is 4.79 Å². The lowest BCUT2D eigenvalue weighted by molar-refractivity contribution is -0.137. The van der Waals surface area contributed by atoms with Crippen molar-refractivity contribution in [2.75, 3.05) is 27.9 Å². The molecular formula is C15H19NO5. The van der Waals surface area contributed by atoms with E-state index in [0.717, 1.165) is 11.1 Å². The summed E-state index contributed by atoms with van der Waals surface area (Å²) in [5, 5.41) is 3.73. The molecule has 0 radical (unpaired) electrons. The molecule has 0 aliphatic heterocycles. The van der Waals surface area contributed by atoms with Gasteiger partial charge >= 0.3 is 5.97 Å². The number of benzene rings is 1. The predicted octanol–water partition coefficient (Wildman–Crippen LogP) is 2.26. The number of esters is 1. The van der Waals surface area contributed by atoms with Crippen molar-refractivity contribution in [1.82, 2.24) is 0 Å². The minimum Gasteiger partial charge on any atom is -0.493 e. The second-order valence-corrected chi connectivity index (χ2v) is 3.84. The maximum atomic E-state index is 11.4. The smallest absolute Gasteiger partial charge is 0.330 e. The maximum Gasteiger partial charge on any atom is 0.330 e. The number of nitrogens with zero attached hydrogens (tertiary/aromatic N) is 1. The summed E-state index contributed by atoms with van der Waals surface area (Å²) >= 11 is 0. The number of carbonyl (C=O) groups excluding carboxylic acids is 1. The Morgan fingerprint density at radius 3 is 2.29 bits per heavy atom. The van der Waals surface area contributed by atoms with E-state index in [2.05, 4.69) is 9.99 Å². The van der Waals surface area contributed by atoms with Crippen molar-refractivity contribution in [2.24, 2.45) is 5.16 Å². The first-order valence-electron chi connectivity index (χ1n) is 6.33. The van der Waals surface area contributed by atoms with Gasteiger partial charge in [-0.05, 0) is 30.7 Å². The largest absolute Gasteiger partial charge is 0.493 e. The van der Waals surface area contributed by atoms with Crippen molar-refractivity contribution in [3.8, 4) is 11.5 Å². The van der Waals surface area contributed by atoms with Crippen LogP contribution in [0.3, 0.4) is 0 Å². The highest BCUT2D eigenvalue weighted by atomic mass is 16.6. The standard InChI is InChI=1S/C15H19NO5/c1-5-21-15(17)7-6-11-8-13(18-2)14(19-3)9-12(11)10-16-20-4/h6-10H,5H2,1-4H3/b7-6+,16-10+. The van der Waals surface area contributed by atoms with Gasteiger partial charge in [0, 0.05) is 11.6 Å². The Balaban J connectivity index is 3.19. The summed E-state index contributed by atoms with van der Waals surface area (Å²) in [6, 6.07) is 3.48. The normalized spacial score (nSPS) is 10.9. The zero-order chi connectivity index (χ0) is 15.7. The van der Waals surface area contributed by atoms with E-state index >= 15 is 0 Å². The third-order valence-corrected chi connectivity index (χ3v) is 2.57. The quantitative estimate of drug-likeness (QED) is 0.334. The van der Waals surface area contributed by atoms with Crippen LogP contribution >= 0.6 is 0 Å². The van der Waals surface area contributed by atoms with Gasteiger partial charge in [-0.1, -0.05) is 5.16 Å². The van der Waals surface area contributed by atoms with Crippen molar-refractivity contribution in [1.29, 1.82) is 0 Å². The first-order valence-corrected chi connectivity index (χ1v) is 6.33. The highest BCUT2D eigenvalue weighted by Crippen LogP contribution is 2.30. The van der Waals surface area contributed by atoms with Crippen LogP contribution < -0.4 is 9.47 Å². The van der Waals surface area contributed by atoms with Crippen molar-refractivity contribution in [2.45, 2.75) is 6.92 Å². The molecule has 1 aromatic rings. The van der Waals surface area contributed by atoms with E-state index in [1.165, 1.54) is 19.4 Å². The van der Waals surface area contributed by atoms with Crippen molar-refractivity contribution >= 4 is 18.3 Å². The summed E-state index contributed by atoms with van der Waals surface area (Å²) < 4.78 is 15.3. The molecule has 0 aromatic heterocycles. The van der Waals surface area contributed by atoms with E-state index < -0.39 is 5.97 Å². The molecule has 0 saturated heterocycles. The summed E-state index contributed by atoms with van der Waals surface area (Å²) in [4.78, 5) is 16.1. The predicted molar refractivity (Wildman–Crippen MR) is 79.8 cm³/mol. The molecule has 1 rings (SSSR count). The molecular weight excluding hydrogens is 274 g/mol. The van der Waals surface area contributed by atoms with Crippen LogP contribution in [0.15, 0.2) is 23.4 Å². The molecule has 0 heterocycles. The van der Waals surface area contributed by atoms with Crippen LogP contribution in [0, 0.1) is 0 Å². The van der Waals surface area contributed by atoms with Gasteiger partial charge in [0.15, 0.2) is 11.5 Å². The summed E-state index contributed by atoms with van der Waals surface area (Å²) in [5.41, 5.74) is 1.44. The average Bonchev–Trinajstić information content (AvgIpc) is 2.50. The highest BCUT2D eigenvalue weighted by molar-refractivity contribution is 5.92. The molecule has 6 nitrogen and oxygen atoms in total. The van der Waals surface area contributed by atoms with Gasteiger partial charge in [-0.15, -0.1) is 0 Å². The van der Waals surface area contributed by atoms with Crippen LogP contribution in [0.1, 0.15) is 18.1 Å². The van der Waals surface area contributed by atoms with Gasteiger partial charge in [0.1, 0.15) is 7.11 Å². The lowest BCUT2D eigenvalue weighted by Crippen LogP contribution is -2.00. The summed E-state index contributed by atoms with van der Waals surface area (Å²) in [7, 11) is 4.54. The zero-order valence-electron chi connectivity index (χ0n) is 12.6. The van der Waals surface area contributed by atoms with Gasteiger partial charge in [-0.25, -0.2) is 4.79 Å². The Kier molecular flexibility index (Phi) is 6.80. The maximum absolute atomic E-state index is 11.4. The second-order valence-electron chi connectivity index (χ2n) is 3.84. The Bertz CT molecular complexity index is 537. The van der Waals surface area contributed by atoms with Crippen LogP contribution in [0.5, 0.6) is 11.5 Å². The fourth-order valence-corrected chi connectivity index (χ4v) is 1.62. The third-order valence-electron chi connectivity index (χ3n) is 2.57. The molecule has 0 amide bonds. The number of carbonyl (C=O) groups is 1. The van der Waals surface area contributed by atoms with Crippen LogP contribution in [-0.2, 0) is 14.4 Å². The van der Waals surface area contributed by atoms with Gasteiger partial charge in [-0.3, -0.25) is 0 Å². The highest BCUT2D eigenvalue weighted by Gasteiger charge is 2.09. The van der Waals surface area contributed by atoms with Crippen molar-refractivity contribution in [3.05, 3.63) is 29.3 Å². The zero-order valence-corrected chi connectivity index (χ0v) is 12.6. The molecule has 0 atom stereocenters. The molecule has 0 aliphatic rings. The minimum absolute atomic E-state index is 0.326. The monoisotopic (exact) mass is 293 g/mol. The van der Waals surface area contributed by atoms with Crippen LogP contribution in [0.2, 0.25) is 0 Å². The topological polar surface area (TPSA) is 66.4 Å². The SMILES string of the molecule is CCOC(=O)/C=C/c1cc(OC)c(OC)cc1/C=N/OC. The molecule has 0 N–H and O–H groups in total. The summed E-state index contributed by atoms with van der Waals surface area (Å²) in [5.74, 6) is 0.695. The minimum atomic E-state index is -0.415. The van der Waals surface area contributed by atoms with E-state index in [1.807, 2.05) is 0 Å². The van der Waals surface area contributed by atoms with E-state index in [0.29, 0.717) is 18.1 Å². The average molecular weight is 293 g/mol. The fourth-order valence-electron chi connectivity index (χ4n) is 1.62.